The summed E-state index contributed by atoms with van der Waals surface area (Å²) in [6, 6.07) is 17.3. The maximum atomic E-state index is 13.2. The minimum Gasteiger partial charge on any atom is -0.497 e. The molecule has 0 atom stereocenters. The third-order valence-corrected chi connectivity index (χ3v) is 7.21. The summed E-state index contributed by atoms with van der Waals surface area (Å²) in [6.07, 6.45) is 5.48. The minimum absolute atomic E-state index is 0.113. The first-order valence-electron chi connectivity index (χ1n) is 11.5. The van der Waals surface area contributed by atoms with Crippen molar-refractivity contribution >= 4 is 39.8 Å². The number of nitro groups is 1. The summed E-state index contributed by atoms with van der Waals surface area (Å²) in [4.78, 5) is 30.1. The van der Waals surface area contributed by atoms with Gasteiger partial charge < -0.3 is 14.5 Å². The van der Waals surface area contributed by atoms with E-state index in [2.05, 4.69) is 10.3 Å². The smallest absolute Gasteiger partial charge is 0.284 e. The van der Waals surface area contributed by atoms with Crippen LogP contribution in [-0.4, -0.2) is 24.2 Å². The average molecular weight is 502 g/mol. The topological polar surface area (TPSA) is 107 Å². The van der Waals surface area contributed by atoms with Crippen LogP contribution in [-0.2, 0) is 12.8 Å². The van der Waals surface area contributed by atoms with Crippen LogP contribution in [0.4, 0.5) is 16.4 Å². The zero-order valence-corrected chi connectivity index (χ0v) is 20.3. The molecule has 1 amide bonds. The number of anilines is 1. The molecular formula is C27H23N3O5S. The first-order valence-corrected chi connectivity index (χ1v) is 12.3. The first kappa shape index (κ1) is 23.5. The van der Waals surface area contributed by atoms with Crippen molar-refractivity contribution in [2.24, 2.45) is 4.99 Å². The normalized spacial score (nSPS) is 12.9. The van der Waals surface area contributed by atoms with Gasteiger partial charge >= 0.3 is 0 Å². The molecule has 9 heteroatoms. The van der Waals surface area contributed by atoms with E-state index in [-0.39, 0.29) is 11.6 Å². The second-order valence-corrected chi connectivity index (χ2v) is 9.40. The molecule has 0 radical (unpaired) electrons. The monoisotopic (exact) mass is 501 g/mol. The van der Waals surface area contributed by atoms with Gasteiger partial charge in [-0.25, -0.2) is 4.99 Å². The van der Waals surface area contributed by atoms with Gasteiger partial charge in [0.25, 0.3) is 11.6 Å². The van der Waals surface area contributed by atoms with Crippen LogP contribution in [0.2, 0.25) is 0 Å². The number of ether oxygens (including phenoxy) is 1. The highest BCUT2D eigenvalue weighted by Gasteiger charge is 2.25. The van der Waals surface area contributed by atoms with Crippen molar-refractivity contribution in [3.05, 3.63) is 92.5 Å². The molecule has 0 bridgehead atoms. The summed E-state index contributed by atoms with van der Waals surface area (Å²) in [6.45, 7) is 0. The fraction of sp³-hybridized carbons (Fsp3) is 0.185. The molecule has 1 aliphatic carbocycles. The van der Waals surface area contributed by atoms with Gasteiger partial charge in [0.05, 0.1) is 35.4 Å². The molecule has 0 fully saturated rings. The van der Waals surface area contributed by atoms with Crippen LogP contribution in [0.3, 0.4) is 0 Å². The number of nitrogens with one attached hydrogen (secondary N) is 1. The largest absolute Gasteiger partial charge is 0.497 e. The molecule has 0 saturated carbocycles. The Labute approximate surface area is 211 Å². The number of furan rings is 1. The molecule has 0 unspecified atom stereocenters. The highest BCUT2D eigenvalue weighted by Crippen LogP contribution is 2.40. The van der Waals surface area contributed by atoms with Crippen LogP contribution in [0, 0.1) is 10.1 Å². The number of aryl methyl sites for hydroxylation is 1. The maximum Gasteiger partial charge on any atom is 0.284 e. The van der Waals surface area contributed by atoms with Gasteiger partial charge in [-0.05, 0) is 67.6 Å². The zero-order chi connectivity index (χ0) is 25.1. The molecule has 36 heavy (non-hydrogen) atoms. The van der Waals surface area contributed by atoms with Crippen LogP contribution in [0.25, 0.3) is 11.3 Å². The highest BCUT2D eigenvalue weighted by molar-refractivity contribution is 7.16. The summed E-state index contributed by atoms with van der Waals surface area (Å²) in [5.41, 5.74) is 2.63. The average Bonchev–Trinajstić information content (AvgIpc) is 3.52. The standard InChI is InChI=1S/C27H23N3O5S/c1-34-18-11-13-20(22(15-18)30(32)33)23-14-12-19(35-23)16-28-27-25(21-9-5-6-10-24(21)36-27)26(31)29-17-7-3-2-4-8-17/h2-4,7-8,11-16H,5-6,9-10H2,1H3,(H,29,31). The van der Waals surface area contributed by atoms with E-state index in [1.54, 1.807) is 30.5 Å². The lowest BCUT2D eigenvalue weighted by molar-refractivity contribution is -0.384. The predicted molar refractivity (Wildman–Crippen MR) is 140 cm³/mol. The molecule has 1 aliphatic rings. The number of para-hydroxylation sites is 1. The number of carbonyl (C=O) groups excluding carboxylic acids is 1. The molecular weight excluding hydrogens is 478 g/mol. The zero-order valence-electron chi connectivity index (χ0n) is 19.5. The molecule has 5 rings (SSSR count). The second kappa shape index (κ2) is 10.2. The maximum absolute atomic E-state index is 13.2. The Morgan fingerprint density at radius 3 is 2.72 bits per heavy atom. The van der Waals surface area contributed by atoms with E-state index in [0.29, 0.717) is 33.4 Å². The van der Waals surface area contributed by atoms with Gasteiger partial charge in [-0.3, -0.25) is 14.9 Å². The number of rotatable bonds is 7. The van der Waals surface area contributed by atoms with Crippen molar-refractivity contribution in [3.63, 3.8) is 0 Å². The number of thiophene rings is 1. The van der Waals surface area contributed by atoms with Crippen LogP contribution in [0.5, 0.6) is 5.75 Å². The summed E-state index contributed by atoms with van der Waals surface area (Å²) >= 11 is 1.53. The Hall–Kier alpha value is -4.24. The van der Waals surface area contributed by atoms with E-state index in [9.17, 15) is 14.9 Å². The van der Waals surface area contributed by atoms with Crippen molar-refractivity contribution in [3.8, 4) is 17.1 Å². The highest BCUT2D eigenvalue weighted by atomic mass is 32.1. The molecule has 2 aromatic carbocycles. The number of nitro benzene ring substituents is 1. The fourth-order valence-corrected chi connectivity index (χ4v) is 5.51. The number of carbonyl (C=O) groups is 1. The number of hydrogen-bond acceptors (Lipinski definition) is 7. The number of methoxy groups -OCH3 is 1. The van der Waals surface area contributed by atoms with E-state index >= 15 is 0 Å². The number of hydrogen-bond donors (Lipinski definition) is 1. The Bertz CT molecular complexity index is 1460. The Kier molecular flexibility index (Phi) is 6.64. The van der Waals surface area contributed by atoms with Gasteiger partial charge in [0.2, 0.25) is 0 Å². The number of fused-ring (bicyclic) bond motifs is 1. The minimum atomic E-state index is -0.470. The summed E-state index contributed by atoms with van der Waals surface area (Å²) in [5, 5.41) is 15.2. The summed E-state index contributed by atoms with van der Waals surface area (Å²) in [5.74, 6) is 0.984. The first-order chi connectivity index (χ1) is 17.5. The summed E-state index contributed by atoms with van der Waals surface area (Å²) in [7, 11) is 1.46. The van der Waals surface area contributed by atoms with E-state index in [1.165, 1.54) is 29.4 Å². The van der Waals surface area contributed by atoms with Gasteiger partial charge in [0.1, 0.15) is 22.3 Å². The fourth-order valence-electron chi connectivity index (χ4n) is 4.28. The van der Waals surface area contributed by atoms with Crippen molar-refractivity contribution in [2.45, 2.75) is 25.7 Å². The quantitative estimate of drug-likeness (QED) is 0.170. The van der Waals surface area contributed by atoms with Gasteiger partial charge in [0.15, 0.2) is 0 Å². The lowest BCUT2D eigenvalue weighted by Crippen LogP contribution is -2.14. The van der Waals surface area contributed by atoms with Crippen molar-refractivity contribution in [2.75, 3.05) is 12.4 Å². The van der Waals surface area contributed by atoms with Crippen LogP contribution in [0.1, 0.15) is 39.4 Å². The van der Waals surface area contributed by atoms with Crippen molar-refractivity contribution in [1.29, 1.82) is 0 Å². The summed E-state index contributed by atoms with van der Waals surface area (Å²) < 4.78 is 11.0. The number of aliphatic imine (C=N–C) groups is 1. The van der Waals surface area contributed by atoms with Crippen LogP contribution >= 0.6 is 11.3 Å². The third kappa shape index (κ3) is 4.78. The lowest BCUT2D eigenvalue weighted by atomic mass is 9.95. The van der Waals surface area contributed by atoms with E-state index in [0.717, 1.165) is 36.9 Å². The number of amides is 1. The Morgan fingerprint density at radius 1 is 1.14 bits per heavy atom. The van der Waals surface area contributed by atoms with Crippen LogP contribution in [0.15, 0.2) is 70.1 Å². The van der Waals surface area contributed by atoms with E-state index in [1.807, 2.05) is 30.3 Å². The molecule has 8 nitrogen and oxygen atoms in total. The molecule has 0 spiro atoms. The molecule has 4 aromatic rings. The van der Waals surface area contributed by atoms with Gasteiger partial charge in [-0.1, -0.05) is 18.2 Å². The van der Waals surface area contributed by atoms with Crippen LogP contribution < -0.4 is 10.1 Å². The lowest BCUT2D eigenvalue weighted by Gasteiger charge is -2.12. The van der Waals surface area contributed by atoms with Crippen molar-refractivity contribution in [1.82, 2.24) is 0 Å². The SMILES string of the molecule is COc1ccc(-c2ccc(C=Nc3sc4c(c3C(=O)Nc3ccccc3)CCCC4)o2)c([N+](=O)[O-])c1. The molecule has 2 heterocycles. The third-order valence-electron chi connectivity index (χ3n) is 6.01. The van der Waals surface area contributed by atoms with Gasteiger partial charge in [0, 0.05) is 10.6 Å². The van der Waals surface area contributed by atoms with Crippen molar-refractivity contribution < 1.29 is 18.9 Å². The number of benzene rings is 2. The molecule has 0 aliphatic heterocycles. The Balaban J connectivity index is 1.45. The second-order valence-electron chi connectivity index (χ2n) is 8.31. The molecule has 2 aromatic heterocycles. The molecule has 182 valence electrons. The number of nitrogens with zero attached hydrogens (tertiary/aromatic N) is 2. The van der Waals surface area contributed by atoms with E-state index < -0.39 is 4.92 Å². The molecule has 0 saturated heterocycles. The van der Waals surface area contributed by atoms with E-state index in [4.69, 9.17) is 9.15 Å². The molecule has 1 N–H and O–H groups in total. The Morgan fingerprint density at radius 2 is 1.94 bits per heavy atom. The van der Waals surface area contributed by atoms with Gasteiger partial charge in [-0.2, -0.15) is 0 Å². The predicted octanol–water partition coefficient (Wildman–Crippen LogP) is 6.81. The van der Waals surface area contributed by atoms with Gasteiger partial charge in [-0.15, -0.1) is 11.3 Å².